The number of pyridine rings is 1. The van der Waals surface area contributed by atoms with Crippen molar-refractivity contribution >= 4 is 11.7 Å². The smallest absolute Gasteiger partial charge is 0.239 e. The third-order valence-electron chi connectivity index (χ3n) is 1.62. The Kier molecular flexibility index (Phi) is 4.03. The minimum atomic E-state index is -0.463. The molecule has 0 unspecified atom stereocenters. The Labute approximate surface area is 87.9 Å². The van der Waals surface area contributed by atoms with Gasteiger partial charge in [0, 0.05) is 12.2 Å². The van der Waals surface area contributed by atoms with Crippen molar-refractivity contribution < 1.29 is 9.18 Å². The molecule has 5 heteroatoms. The third kappa shape index (κ3) is 3.93. The second-order valence-corrected chi connectivity index (χ2v) is 3.41. The maximum absolute atomic E-state index is 13.0. The van der Waals surface area contributed by atoms with Crippen LogP contribution in [0, 0.1) is 5.82 Å². The summed E-state index contributed by atoms with van der Waals surface area (Å²) < 4.78 is 13.0. The highest BCUT2D eigenvalue weighted by Crippen LogP contribution is 2.07. The summed E-state index contributed by atoms with van der Waals surface area (Å²) in [6.45, 7) is 3.74. The van der Waals surface area contributed by atoms with E-state index >= 15 is 0 Å². The van der Waals surface area contributed by atoms with Crippen LogP contribution in [-0.2, 0) is 4.79 Å². The highest BCUT2D eigenvalue weighted by Gasteiger charge is 2.05. The first-order chi connectivity index (χ1) is 7.09. The summed E-state index contributed by atoms with van der Waals surface area (Å²) in [7, 11) is 0. The molecule has 0 bridgehead atoms. The van der Waals surface area contributed by atoms with Crippen molar-refractivity contribution in [3.63, 3.8) is 0 Å². The van der Waals surface area contributed by atoms with E-state index in [9.17, 15) is 9.18 Å². The van der Waals surface area contributed by atoms with E-state index in [2.05, 4.69) is 15.6 Å². The van der Waals surface area contributed by atoms with Gasteiger partial charge in [0.05, 0.1) is 6.54 Å². The van der Waals surface area contributed by atoms with E-state index in [4.69, 9.17) is 0 Å². The fourth-order valence-electron chi connectivity index (χ4n) is 1.05. The van der Waals surface area contributed by atoms with E-state index in [1.165, 1.54) is 18.3 Å². The molecule has 0 aliphatic carbocycles. The minimum absolute atomic E-state index is 0.0200. The van der Waals surface area contributed by atoms with Crippen molar-refractivity contribution in [3.8, 4) is 0 Å². The molecule has 1 heterocycles. The van der Waals surface area contributed by atoms with Crippen LogP contribution in [0.25, 0.3) is 0 Å². The Bertz CT molecular complexity index is 341. The second-order valence-electron chi connectivity index (χ2n) is 3.41. The van der Waals surface area contributed by atoms with E-state index in [-0.39, 0.29) is 24.3 Å². The Morgan fingerprint density at radius 1 is 1.60 bits per heavy atom. The molecule has 2 N–H and O–H groups in total. The molecule has 0 aliphatic heterocycles. The normalized spacial score (nSPS) is 10.1. The van der Waals surface area contributed by atoms with Crippen LogP contribution in [0.4, 0.5) is 10.2 Å². The fraction of sp³-hybridized carbons (Fsp3) is 0.400. The Hall–Kier alpha value is -1.65. The molecule has 1 aromatic heterocycles. The predicted molar refractivity (Wildman–Crippen MR) is 56.0 cm³/mol. The van der Waals surface area contributed by atoms with E-state index in [0.29, 0.717) is 0 Å². The number of carbonyl (C=O) groups excluding carboxylic acids is 1. The summed E-state index contributed by atoms with van der Waals surface area (Å²) in [5.74, 6) is -0.554. The predicted octanol–water partition coefficient (Wildman–Crippen LogP) is 1.16. The van der Waals surface area contributed by atoms with Gasteiger partial charge in [-0.3, -0.25) is 4.79 Å². The molecule has 1 aromatic rings. The van der Waals surface area contributed by atoms with Crippen LogP contribution in [0.1, 0.15) is 13.8 Å². The molecular formula is C10H14FN3O. The molecular weight excluding hydrogens is 197 g/mol. The van der Waals surface area contributed by atoms with Gasteiger partial charge in [-0.05, 0) is 26.0 Å². The number of anilines is 1. The van der Waals surface area contributed by atoms with Crippen LogP contribution in [-0.4, -0.2) is 23.5 Å². The van der Waals surface area contributed by atoms with E-state index < -0.39 is 5.82 Å². The molecule has 15 heavy (non-hydrogen) atoms. The Morgan fingerprint density at radius 3 is 2.93 bits per heavy atom. The lowest BCUT2D eigenvalue weighted by Crippen LogP contribution is -2.35. The van der Waals surface area contributed by atoms with Crippen LogP contribution >= 0.6 is 0 Å². The third-order valence-corrected chi connectivity index (χ3v) is 1.62. The lowest BCUT2D eigenvalue weighted by Gasteiger charge is -2.09. The molecule has 1 rings (SSSR count). The molecule has 82 valence electrons. The van der Waals surface area contributed by atoms with Crippen molar-refractivity contribution in [1.29, 1.82) is 0 Å². The summed E-state index contributed by atoms with van der Waals surface area (Å²) in [5, 5.41) is 5.30. The number of nitrogens with one attached hydrogen (secondary N) is 2. The largest absolute Gasteiger partial charge is 0.359 e. The van der Waals surface area contributed by atoms with Crippen molar-refractivity contribution in [1.82, 2.24) is 10.3 Å². The highest BCUT2D eigenvalue weighted by molar-refractivity contribution is 5.80. The maximum atomic E-state index is 13.0. The van der Waals surface area contributed by atoms with Gasteiger partial charge in [-0.15, -0.1) is 0 Å². The van der Waals surface area contributed by atoms with Gasteiger partial charge in [0.25, 0.3) is 0 Å². The van der Waals surface area contributed by atoms with E-state index in [1.54, 1.807) is 0 Å². The summed E-state index contributed by atoms with van der Waals surface area (Å²) >= 11 is 0. The lowest BCUT2D eigenvalue weighted by molar-refractivity contribution is -0.119. The second kappa shape index (κ2) is 5.29. The number of amides is 1. The number of halogens is 1. The fourth-order valence-corrected chi connectivity index (χ4v) is 1.05. The molecule has 0 aliphatic rings. The first-order valence-corrected chi connectivity index (χ1v) is 4.73. The first-order valence-electron chi connectivity index (χ1n) is 4.73. The van der Waals surface area contributed by atoms with Crippen molar-refractivity contribution in [2.24, 2.45) is 0 Å². The molecule has 0 fully saturated rings. The average molecular weight is 211 g/mol. The van der Waals surface area contributed by atoms with Crippen LogP contribution in [0.3, 0.4) is 0 Å². The Balaban J connectivity index is 2.44. The molecule has 0 aromatic carbocycles. The number of hydrogen-bond donors (Lipinski definition) is 2. The number of carbonyl (C=O) groups is 1. The zero-order valence-electron chi connectivity index (χ0n) is 8.75. The molecule has 0 atom stereocenters. The summed E-state index contributed by atoms with van der Waals surface area (Å²) in [5.41, 5.74) is 0. The standard InChI is InChI=1S/C10H14FN3O/c1-7(2)14-9(15)6-13-10-8(11)4-3-5-12-10/h3-5,7H,6H2,1-2H3,(H,12,13)(H,14,15). The van der Waals surface area contributed by atoms with Gasteiger partial charge in [-0.2, -0.15) is 0 Å². The number of nitrogens with zero attached hydrogens (tertiary/aromatic N) is 1. The van der Waals surface area contributed by atoms with Crippen LogP contribution < -0.4 is 10.6 Å². The van der Waals surface area contributed by atoms with E-state index in [1.807, 2.05) is 13.8 Å². The zero-order chi connectivity index (χ0) is 11.3. The molecule has 0 saturated heterocycles. The van der Waals surface area contributed by atoms with E-state index in [0.717, 1.165) is 0 Å². The molecule has 1 amide bonds. The molecule has 4 nitrogen and oxygen atoms in total. The maximum Gasteiger partial charge on any atom is 0.239 e. The quantitative estimate of drug-likeness (QED) is 0.785. The molecule has 0 radical (unpaired) electrons. The van der Waals surface area contributed by atoms with Crippen molar-refractivity contribution in [3.05, 3.63) is 24.1 Å². The van der Waals surface area contributed by atoms with Gasteiger partial charge in [0.15, 0.2) is 11.6 Å². The molecule has 0 saturated carbocycles. The monoisotopic (exact) mass is 211 g/mol. The summed E-state index contributed by atoms with van der Waals surface area (Å²) in [4.78, 5) is 15.0. The Morgan fingerprint density at radius 2 is 2.33 bits per heavy atom. The first kappa shape index (κ1) is 11.4. The highest BCUT2D eigenvalue weighted by atomic mass is 19.1. The SMILES string of the molecule is CC(C)NC(=O)CNc1ncccc1F. The molecule has 0 spiro atoms. The average Bonchev–Trinajstić information content (AvgIpc) is 2.15. The number of rotatable bonds is 4. The van der Waals surface area contributed by atoms with Crippen LogP contribution in [0.15, 0.2) is 18.3 Å². The van der Waals surface area contributed by atoms with Crippen molar-refractivity contribution in [2.45, 2.75) is 19.9 Å². The van der Waals surface area contributed by atoms with Gasteiger partial charge >= 0.3 is 0 Å². The van der Waals surface area contributed by atoms with Gasteiger partial charge in [-0.1, -0.05) is 0 Å². The zero-order valence-corrected chi connectivity index (χ0v) is 8.75. The number of hydrogen-bond acceptors (Lipinski definition) is 3. The summed E-state index contributed by atoms with van der Waals surface area (Å²) in [6, 6.07) is 2.86. The van der Waals surface area contributed by atoms with Gasteiger partial charge < -0.3 is 10.6 Å². The number of aromatic nitrogens is 1. The van der Waals surface area contributed by atoms with Gasteiger partial charge in [0.2, 0.25) is 5.91 Å². The minimum Gasteiger partial charge on any atom is -0.359 e. The van der Waals surface area contributed by atoms with Crippen molar-refractivity contribution in [2.75, 3.05) is 11.9 Å². The van der Waals surface area contributed by atoms with Gasteiger partial charge in [-0.25, -0.2) is 9.37 Å². The van der Waals surface area contributed by atoms with Crippen LogP contribution in [0.5, 0.6) is 0 Å². The summed E-state index contributed by atoms with van der Waals surface area (Å²) in [6.07, 6.45) is 1.46. The van der Waals surface area contributed by atoms with Gasteiger partial charge in [0.1, 0.15) is 0 Å². The van der Waals surface area contributed by atoms with Crippen LogP contribution in [0.2, 0.25) is 0 Å². The lowest BCUT2D eigenvalue weighted by atomic mass is 10.4. The topological polar surface area (TPSA) is 54.0 Å².